The lowest BCUT2D eigenvalue weighted by molar-refractivity contribution is -0.124. The number of amides is 2. The molecule has 0 aliphatic carbocycles. The lowest BCUT2D eigenvalue weighted by Crippen LogP contribution is -2.45. The van der Waals surface area contributed by atoms with Crippen LogP contribution in [0.1, 0.15) is 23.7 Å². The molecule has 1 aliphatic rings. The molecule has 1 aromatic heterocycles. The first-order chi connectivity index (χ1) is 10.6. The van der Waals surface area contributed by atoms with Crippen LogP contribution in [0.3, 0.4) is 0 Å². The zero-order valence-electron chi connectivity index (χ0n) is 12.4. The van der Waals surface area contributed by atoms with Gasteiger partial charge in [-0.15, -0.1) is 0 Å². The van der Waals surface area contributed by atoms with Crippen molar-refractivity contribution in [3.8, 4) is 0 Å². The smallest absolute Gasteiger partial charge is 0.254 e. The Morgan fingerprint density at radius 2 is 2.32 bits per heavy atom. The fourth-order valence-corrected chi connectivity index (χ4v) is 2.87. The van der Waals surface area contributed by atoms with Crippen molar-refractivity contribution in [1.82, 2.24) is 20.2 Å². The van der Waals surface area contributed by atoms with Gasteiger partial charge in [-0.2, -0.15) is 0 Å². The summed E-state index contributed by atoms with van der Waals surface area (Å²) >= 11 is 0. The molecule has 0 bridgehead atoms. The van der Waals surface area contributed by atoms with E-state index in [9.17, 15) is 9.59 Å². The van der Waals surface area contributed by atoms with Gasteiger partial charge < -0.3 is 20.9 Å². The number of likely N-dealkylation sites (tertiary alicyclic amines) is 1. The Kier molecular flexibility index (Phi) is 3.81. The molecule has 1 aromatic carbocycles. The molecule has 2 amide bonds. The van der Waals surface area contributed by atoms with Gasteiger partial charge >= 0.3 is 0 Å². The number of imidazole rings is 1. The van der Waals surface area contributed by atoms with Crippen LogP contribution in [0.25, 0.3) is 11.0 Å². The molecule has 1 aliphatic heterocycles. The van der Waals surface area contributed by atoms with Gasteiger partial charge in [-0.05, 0) is 31.5 Å². The molecule has 1 fully saturated rings. The number of carbonyl (C=O) groups is 2. The first kappa shape index (κ1) is 14.5. The molecular weight excluding hydrogens is 282 g/mol. The van der Waals surface area contributed by atoms with Crippen molar-refractivity contribution in [3.05, 3.63) is 30.1 Å². The quantitative estimate of drug-likeness (QED) is 0.755. The fourth-order valence-electron chi connectivity index (χ4n) is 2.87. The van der Waals surface area contributed by atoms with Crippen molar-refractivity contribution in [1.29, 1.82) is 0 Å². The summed E-state index contributed by atoms with van der Waals surface area (Å²) < 4.78 is 0. The predicted octanol–water partition coefficient (Wildman–Crippen LogP) is 0.241. The van der Waals surface area contributed by atoms with E-state index < -0.39 is 6.04 Å². The van der Waals surface area contributed by atoms with E-state index in [2.05, 4.69) is 15.3 Å². The first-order valence-electron chi connectivity index (χ1n) is 7.37. The Labute approximate surface area is 127 Å². The Balaban J connectivity index is 1.86. The predicted molar refractivity (Wildman–Crippen MR) is 82.2 cm³/mol. The van der Waals surface area contributed by atoms with Gasteiger partial charge in [-0.1, -0.05) is 0 Å². The molecule has 4 N–H and O–H groups in total. The average Bonchev–Trinajstić information content (AvgIpc) is 3.12. The molecular formula is C15H19N5O2. The second-order valence-electron chi connectivity index (χ2n) is 5.50. The number of H-pyrrole nitrogens is 1. The van der Waals surface area contributed by atoms with Crippen LogP contribution in [-0.4, -0.2) is 51.9 Å². The minimum Gasteiger partial charge on any atom is -0.355 e. The number of likely N-dealkylation sites (N-methyl/N-ethyl adjacent to an activating group) is 1. The van der Waals surface area contributed by atoms with Crippen LogP contribution in [0.4, 0.5) is 0 Å². The molecule has 0 spiro atoms. The second-order valence-corrected chi connectivity index (χ2v) is 5.50. The largest absolute Gasteiger partial charge is 0.355 e. The van der Waals surface area contributed by atoms with Gasteiger partial charge in [-0.25, -0.2) is 4.98 Å². The Morgan fingerprint density at radius 3 is 3.09 bits per heavy atom. The lowest BCUT2D eigenvalue weighted by atomic mass is 10.1. The fraction of sp³-hybridized carbons (Fsp3) is 0.400. The number of aromatic amines is 1. The lowest BCUT2D eigenvalue weighted by Gasteiger charge is -2.23. The summed E-state index contributed by atoms with van der Waals surface area (Å²) in [5, 5.41) is 2.77. The van der Waals surface area contributed by atoms with Gasteiger partial charge in [0.15, 0.2) is 0 Å². The summed E-state index contributed by atoms with van der Waals surface area (Å²) in [5.41, 5.74) is 8.07. The van der Waals surface area contributed by atoms with Gasteiger partial charge in [0.1, 0.15) is 6.04 Å². The molecule has 116 valence electrons. The molecule has 3 rings (SSSR count). The van der Waals surface area contributed by atoms with Crippen LogP contribution < -0.4 is 11.1 Å². The Hall–Kier alpha value is -2.41. The number of nitrogens with one attached hydrogen (secondary N) is 2. The van der Waals surface area contributed by atoms with Crippen LogP contribution >= 0.6 is 0 Å². The molecule has 0 saturated carbocycles. The highest BCUT2D eigenvalue weighted by Gasteiger charge is 2.38. The van der Waals surface area contributed by atoms with Crippen molar-refractivity contribution < 1.29 is 9.59 Å². The number of carbonyl (C=O) groups excluding carboxylic acids is 2. The second kappa shape index (κ2) is 5.76. The van der Waals surface area contributed by atoms with Crippen molar-refractivity contribution in [2.24, 2.45) is 5.73 Å². The topological polar surface area (TPSA) is 104 Å². The highest BCUT2D eigenvalue weighted by molar-refractivity contribution is 6.00. The molecule has 2 atom stereocenters. The molecule has 2 aromatic rings. The number of nitrogens with zero attached hydrogens (tertiary/aromatic N) is 2. The van der Waals surface area contributed by atoms with E-state index in [0.717, 1.165) is 11.0 Å². The molecule has 2 heterocycles. The third kappa shape index (κ3) is 2.55. The first-order valence-corrected chi connectivity index (χ1v) is 7.37. The van der Waals surface area contributed by atoms with Crippen LogP contribution in [0.2, 0.25) is 0 Å². The number of hydrogen-bond donors (Lipinski definition) is 3. The van der Waals surface area contributed by atoms with Crippen LogP contribution in [0.5, 0.6) is 0 Å². The maximum atomic E-state index is 12.7. The van der Waals surface area contributed by atoms with Gasteiger partial charge in [-0.3, -0.25) is 9.59 Å². The molecule has 0 radical (unpaired) electrons. The minimum absolute atomic E-state index is 0.147. The summed E-state index contributed by atoms with van der Waals surface area (Å²) in [4.78, 5) is 33.5. The Morgan fingerprint density at radius 1 is 1.50 bits per heavy atom. The standard InChI is InChI=1S/C15H19N5O2/c1-2-17-14(21)13-6-10(16)7-20(13)15(22)9-3-4-11-12(5-9)19-8-18-11/h3-5,8,10,13H,2,6-7,16H2,1H3,(H,17,21)(H,18,19)/t10-,13-/m0/s1. The maximum Gasteiger partial charge on any atom is 0.254 e. The van der Waals surface area contributed by atoms with E-state index in [0.29, 0.717) is 25.1 Å². The van der Waals surface area contributed by atoms with Crippen molar-refractivity contribution in [2.75, 3.05) is 13.1 Å². The molecule has 7 nitrogen and oxygen atoms in total. The monoisotopic (exact) mass is 301 g/mol. The van der Waals surface area contributed by atoms with E-state index in [-0.39, 0.29) is 17.9 Å². The average molecular weight is 301 g/mol. The van der Waals surface area contributed by atoms with E-state index in [1.165, 1.54) is 0 Å². The van der Waals surface area contributed by atoms with E-state index >= 15 is 0 Å². The van der Waals surface area contributed by atoms with Gasteiger partial charge in [0.05, 0.1) is 17.4 Å². The number of hydrogen-bond acceptors (Lipinski definition) is 4. The number of benzene rings is 1. The van der Waals surface area contributed by atoms with Crippen molar-refractivity contribution in [2.45, 2.75) is 25.4 Å². The summed E-state index contributed by atoms with van der Waals surface area (Å²) in [6.45, 7) is 2.78. The third-order valence-corrected chi connectivity index (χ3v) is 3.92. The normalized spacial score (nSPS) is 21.3. The SMILES string of the molecule is CCNC(=O)[C@@H]1C[C@H](N)CN1C(=O)c1ccc2nc[nH]c2c1. The van der Waals surface area contributed by atoms with Crippen molar-refractivity contribution >= 4 is 22.8 Å². The van der Waals surface area contributed by atoms with Gasteiger partial charge in [0.25, 0.3) is 5.91 Å². The molecule has 22 heavy (non-hydrogen) atoms. The number of rotatable bonds is 3. The van der Waals surface area contributed by atoms with Crippen LogP contribution in [0.15, 0.2) is 24.5 Å². The van der Waals surface area contributed by atoms with E-state index in [1.807, 2.05) is 6.92 Å². The summed E-state index contributed by atoms with van der Waals surface area (Å²) in [7, 11) is 0. The zero-order chi connectivity index (χ0) is 15.7. The maximum absolute atomic E-state index is 12.7. The van der Waals surface area contributed by atoms with Crippen molar-refractivity contribution in [3.63, 3.8) is 0 Å². The van der Waals surface area contributed by atoms with E-state index in [1.54, 1.807) is 29.4 Å². The summed E-state index contributed by atoms with van der Waals surface area (Å²) in [5.74, 6) is -0.327. The van der Waals surface area contributed by atoms with Gasteiger partial charge in [0, 0.05) is 24.7 Å². The molecule has 1 saturated heterocycles. The third-order valence-electron chi connectivity index (χ3n) is 3.92. The summed E-state index contributed by atoms with van der Waals surface area (Å²) in [6.07, 6.45) is 2.08. The van der Waals surface area contributed by atoms with Crippen LogP contribution in [-0.2, 0) is 4.79 Å². The molecule has 0 unspecified atom stereocenters. The highest BCUT2D eigenvalue weighted by Crippen LogP contribution is 2.21. The Bertz CT molecular complexity index is 711. The highest BCUT2D eigenvalue weighted by atomic mass is 16.2. The van der Waals surface area contributed by atoms with Gasteiger partial charge in [0.2, 0.25) is 5.91 Å². The summed E-state index contributed by atoms with van der Waals surface area (Å²) in [6, 6.07) is 4.59. The van der Waals surface area contributed by atoms with Crippen LogP contribution in [0, 0.1) is 0 Å². The van der Waals surface area contributed by atoms with E-state index in [4.69, 9.17) is 5.73 Å². The molecule has 7 heteroatoms. The number of nitrogens with two attached hydrogens (primary N) is 1. The minimum atomic E-state index is -0.500. The number of aromatic nitrogens is 2. The number of fused-ring (bicyclic) bond motifs is 1. The zero-order valence-corrected chi connectivity index (χ0v) is 12.4.